The molecule has 2 atom stereocenters. The van der Waals surface area contributed by atoms with Crippen LogP contribution in [0.4, 0.5) is 5.69 Å². The van der Waals surface area contributed by atoms with Crippen molar-refractivity contribution in [3.63, 3.8) is 0 Å². The number of amides is 2. The zero-order valence-corrected chi connectivity index (χ0v) is 28.0. The Bertz CT molecular complexity index is 1710. The van der Waals surface area contributed by atoms with Gasteiger partial charge in [0.05, 0.1) is 15.6 Å². The first-order valence-corrected chi connectivity index (χ1v) is 17.0. The monoisotopic (exact) mass is 685 g/mol. The number of carbonyl (C=O) groups is 2. The molecule has 4 rings (SSSR count). The summed E-state index contributed by atoms with van der Waals surface area (Å²) < 4.78 is 29.1. The minimum Gasteiger partial charge on any atom is -0.352 e. The fraction of sp³-hybridized carbons (Fsp3) is 0.235. The van der Waals surface area contributed by atoms with Crippen molar-refractivity contribution >= 4 is 62.3 Å². The molecule has 236 valence electrons. The van der Waals surface area contributed by atoms with Crippen LogP contribution in [0.5, 0.6) is 0 Å². The third-order valence-corrected chi connectivity index (χ3v) is 9.91. The van der Waals surface area contributed by atoms with Gasteiger partial charge >= 0.3 is 0 Å². The van der Waals surface area contributed by atoms with Gasteiger partial charge in [0.15, 0.2) is 0 Å². The zero-order valence-electron chi connectivity index (χ0n) is 24.9. The van der Waals surface area contributed by atoms with Crippen molar-refractivity contribution in [3.05, 3.63) is 129 Å². The molecule has 0 unspecified atom stereocenters. The first kappa shape index (κ1) is 34.3. The Labute approximate surface area is 279 Å². The van der Waals surface area contributed by atoms with Crippen molar-refractivity contribution in [1.29, 1.82) is 0 Å². The normalized spacial score (nSPS) is 12.6. The second-order valence-electron chi connectivity index (χ2n) is 10.6. The van der Waals surface area contributed by atoms with Crippen molar-refractivity contribution in [2.75, 3.05) is 10.8 Å². The number of halogens is 3. The molecule has 11 heteroatoms. The molecular formula is C34H34Cl3N3O4S. The summed E-state index contributed by atoms with van der Waals surface area (Å²) in [7, 11) is -4.30. The van der Waals surface area contributed by atoms with Gasteiger partial charge in [0.25, 0.3) is 10.0 Å². The highest BCUT2D eigenvalue weighted by atomic mass is 35.5. The van der Waals surface area contributed by atoms with E-state index in [0.717, 1.165) is 9.87 Å². The minimum atomic E-state index is -4.30. The van der Waals surface area contributed by atoms with Gasteiger partial charge in [-0.3, -0.25) is 13.9 Å². The summed E-state index contributed by atoms with van der Waals surface area (Å²) in [6, 6.07) is 27.3. The second-order valence-corrected chi connectivity index (χ2v) is 13.7. The lowest BCUT2D eigenvalue weighted by atomic mass is 10.0. The quantitative estimate of drug-likeness (QED) is 0.159. The fourth-order valence-electron chi connectivity index (χ4n) is 4.69. The molecule has 0 bridgehead atoms. The molecule has 0 spiro atoms. The van der Waals surface area contributed by atoms with Gasteiger partial charge in [0, 0.05) is 29.1 Å². The molecule has 0 radical (unpaired) electrons. The lowest BCUT2D eigenvalue weighted by molar-refractivity contribution is -0.140. The van der Waals surface area contributed by atoms with Gasteiger partial charge in [-0.05, 0) is 66.9 Å². The molecule has 0 aliphatic heterocycles. The first-order chi connectivity index (χ1) is 21.5. The van der Waals surface area contributed by atoms with E-state index in [1.807, 2.05) is 44.2 Å². The predicted octanol–water partition coefficient (Wildman–Crippen LogP) is 7.40. The van der Waals surface area contributed by atoms with Crippen LogP contribution in [-0.2, 0) is 32.6 Å². The molecule has 0 aliphatic rings. The fourth-order valence-corrected chi connectivity index (χ4v) is 6.70. The van der Waals surface area contributed by atoms with Gasteiger partial charge in [0.1, 0.15) is 12.6 Å². The number of benzene rings is 4. The van der Waals surface area contributed by atoms with E-state index in [1.54, 1.807) is 42.5 Å². The highest BCUT2D eigenvalue weighted by Crippen LogP contribution is 2.33. The number of sulfonamides is 1. The number of hydrogen-bond acceptors (Lipinski definition) is 4. The maximum absolute atomic E-state index is 14.5. The van der Waals surface area contributed by atoms with Crippen LogP contribution in [-0.4, -0.2) is 43.8 Å². The molecule has 4 aromatic carbocycles. The average Bonchev–Trinajstić information content (AvgIpc) is 3.04. The number of hydrogen-bond donors (Lipinski definition) is 1. The van der Waals surface area contributed by atoms with Crippen LogP contribution < -0.4 is 9.62 Å². The van der Waals surface area contributed by atoms with Crippen LogP contribution in [0.15, 0.2) is 108 Å². The molecule has 0 aromatic heterocycles. The van der Waals surface area contributed by atoms with Gasteiger partial charge in [-0.25, -0.2) is 8.42 Å². The molecule has 0 saturated carbocycles. The maximum Gasteiger partial charge on any atom is 0.264 e. The van der Waals surface area contributed by atoms with Gasteiger partial charge < -0.3 is 10.2 Å². The third kappa shape index (κ3) is 9.01. The molecule has 0 fully saturated rings. The lowest BCUT2D eigenvalue weighted by Gasteiger charge is -2.34. The van der Waals surface area contributed by atoms with Crippen LogP contribution in [0.2, 0.25) is 15.1 Å². The summed E-state index contributed by atoms with van der Waals surface area (Å²) in [5, 5.41) is 3.86. The Morgan fingerprint density at radius 3 is 2.02 bits per heavy atom. The van der Waals surface area contributed by atoms with Gasteiger partial charge in [0.2, 0.25) is 11.8 Å². The van der Waals surface area contributed by atoms with Crippen LogP contribution >= 0.6 is 34.8 Å². The Morgan fingerprint density at radius 1 is 0.800 bits per heavy atom. The Hall–Kier alpha value is -3.56. The third-order valence-electron chi connectivity index (χ3n) is 7.33. The van der Waals surface area contributed by atoms with E-state index in [-0.39, 0.29) is 45.5 Å². The molecule has 1 N–H and O–H groups in total. The molecular weight excluding hydrogens is 653 g/mol. The predicted molar refractivity (Wildman–Crippen MR) is 181 cm³/mol. The van der Waals surface area contributed by atoms with Crippen molar-refractivity contribution in [2.45, 2.75) is 50.2 Å². The number of rotatable bonds is 13. The Morgan fingerprint density at radius 2 is 1.40 bits per heavy atom. The first-order valence-electron chi connectivity index (χ1n) is 14.4. The van der Waals surface area contributed by atoms with E-state index < -0.39 is 28.5 Å². The van der Waals surface area contributed by atoms with E-state index in [0.29, 0.717) is 17.0 Å². The van der Waals surface area contributed by atoms with Crippen LogP contribution in [0, 0.1) is 0 Å². The zero-order chi connectivity index (χ0) is 32.6. The van der Waals surface area contributed by atoms with Crippen molar-refractivity contribution < 1.29 is 18.0 Å². The van der Waals surface area contributed by atoms with Crippen molar-refractivity contribution in [1.82, 2.24) is 10.2 Å². The standard InChI is InChI=1S/C34H34Cl3N3O4S/c1-3-24(2)38-34(42)32(20-25-10-6-4-7-11-25)39(22-26-14-16-27(35)17-15-26)33(41)23-40(31-21-28(36)18-19-30(31)37)45(43,44)29-12-8-5-9-13-29/h4-19,21,24,32H,3,20,22-23H2,1-2H3,(H,38,42)/t24-,32-/m0/s1. The van der Waals surface area contributed by atoms with E-state index in [4.69, 9.17) is 34.8 Å². The van der Waals surface area contributed by atoms with Crippen molar-refractivity contribution in [2.24, 2.45) is 0 Å². The summed E-state index contributed by atoms with van der Waals surface area (Å²) in [5.74, 6) is -0.963. The van der Waals surface area contributed by atoms with E-state index in [1.165, 1.54) is 35.2 Å². The Kier molecular flexibility index (Phi) is 11.9. The summed E-state index contributed by atoms with van der Waals surface area (Å²) in [6.45, 7) is 3.21. The largest absolute Gasteiger partial charge is 0.352 e. The van der Waals surface area contributed by atoms with E-state index in [9.17, 15) is 18.0 Å². The summed E-state index contributed by atoms with van der Waals surface area (Å²) in [4.78, 5) is 29.8. The minimum absolute atomic E-state index is 0.0178. The van der Waals surface area contributed by atoms with Gasteiger partial charge in [-0.1, -0.05) is 102 Å². The van der Waals surface area contributed by atoms with Crippen LogP contribution in [0.3, 0.4) is 0 Å². The second kappa shape index (κ2) is 15.6. The molecule has 0 heterocycles. The highest BCUT2D eigenvalue weighted by Gasteiger charge is 2.35. The smallest absolute Gasteiger partial charge is 0.264 e. The summed E-state index contributed by atoms with van der Waals surface area (Å²) in [5.41, 5.74) is 1.58. The summed E-state index contributed by atoms with van der Waals surface area (Å²) >= 11 is 18.9. The molecule has 4 aromatic rings. The van der Waals surface area contributed by atoms with Gasteiger partial charge in [-0.15, -0.1) is 0 Å². The Balaban J connectivity index is 1.83. The van der Waals surface area contributed by atoms with Crippen LogP contribution in [0.1, 0.15) is 31.4 Å². The SMILES string of the molecule is CC[C@H](C)NC(=O)[C@H](Cc1ccccc1)N(Cc1ccc(Cl)cc1)C(=O)CN(c1cc(Cl)ccc1Cl)S(=O)(=O)c1ccccc1. The van der Waals surface area contributed by atoms with Crippen molar-refractivity contribution in [3.8, 4) is 0 Å². The highest BCUT2D eigenvalue weighted by molar-refractivity contribution is 7.92. The maximum atomic E-state index is 14.5. The molecule has 0 saturated heterocycles. The topological polar surface area (TPSA) is 86.8 Å². The summed E-state index contributed by atoms with van der Waals surface area (Å²) in [6.07, 6.45) is 0.886. The number of nitrogens with one attached hydrogen (secondary N) is 1. The number of anilines is 1. The average molecular weight is 687 g/mol. The molecule has 7 nitrogen and oxygen atoms in total. The van der Waals surface area contributed by atoms with E-state index >= 15 is 0 Å². The van der Waals surface area contributed by atoms with Gasteiger partial charge in [-0.2, -0.15) is 0 Å². The van der Waals surface area contributed by atoms with E-state index in [2.05, 4.69) is 5.32 Å². The number of nitrogens with zero attached hydrogens (tertiary/aromatic N) is 2. The van der Waals surface area contributed by atoms with Crippen LogP contribution in [0.25, 0.3) is 0 Å². The molecule has 45 heavy (non-hydrogen) atoms. The lowest BCUT2D eigenvalue weighted by Crippen LogP contribution is -2.54. The molecule has 0 aliphatic carbocycles. The molecule has 2 amide bonds. The number of carbonyl (C=O) groups excluding carboxylic acids is 2.